The molecule has 1 aliphatic heterocycles. The summed E-state index contributed by atoms with van der Waals surface area (Å²) in [6, 6.07) is 0. The second kappa shape index (κ2) is 6.21. The van der Waals surface area contributed by atoms with Gasteiger partial charge in [0, 0.05) is 25.8 Å². The molecule has 0 unspecified atom stereocenters. The van der Waals surface area contributed by atoms with Crippen LogP contribution in [-0.2, 0) is 0 Å². The van der Waals surface area contributed by atoms with Gasteiger partial charge in [-0.1, -0.05) is 6.58 Å². The summed E-state index contributed by atoms with van der Waals surface area (Å²) in [5.74, 6) is 0. The molecule has 0 aromatic carbocycles. The Morgan fingerprint density at radius 1 is 1.69 bits per heavy atom. The van der Waals surface area contributed by atoms with E-state index in [1.54, 1.807) is 45.2 Å². The maximum Gasteiger partial charge on any atom is 0.232 e. The van der Waals surface area contributed by atoms with Crippen molar-refractivity contribution in [3.05, 3.63) is 33.7 Å². The molecule has 1 heterocycles. The number of nitrogens with zero attached hydrogens (tertiary/aromatic N) is 1. The monoisotopic (exact) mass is 560 g/mol. The van der Waals surface area contributed by atoms with E-state index in [1.807, 2.05) is 18.0 Å². The molecule has 1 aliphatic rings. The third-order valence-electron chi connectivity index (χ3n) is 2.13. The summed E-state index contributed by atoms with van der Waals surface area (Å²) >= 11 is 5.75. The molecule has 0 aromatic rings. The zero-order chi connectivity index (χ0) is 12.3. The molecule has 16 heavy (non-hydrogen) atoms. The number of hydrogen-bond acceptors (Lipinski definition) is 2. The van der Waals surface area contributed by atoms with Crippen molar-refractivity contribution in [1.82, 2.24) is 10.2 Å². The van der Waals surface area contributed by atoms with Gasteiger partial charge in [-0.2, -0.15) is 0 Å². The Morgan fingerprint density at radius 2 is 2.31 bits per heavy atom. The van der Waals surface area contributed by atoms with Gasteiger partial charge < -0.3 is 10.2 Å². The number of likely N-dealkylation sites (N-methyl/N-ethyl adjacent to an activating group) is 1. The summed E-state index contributed by atoms with van der Waals surface area (Å²) in [7, 11) is 1.95. The highest BCUT2D eigenvalue weighted by Crippen LogP contribution is 2.36. The standard InChI is InChI=1S/C10H12FI3N2/c1-7(10(11,13)14)6-16(2)8-3-4-15-9(12)5-8/h3,5,15H,1,4,6H2,2H3. The first kappa shape index (κ1) is 15.0. The lowest BCUT2D eigenvalue weighted by Crippen LogP contribution is -2.27. The molecule has 1 N–H and O–H groups in total. The second-order valence-corrected chi connectivity index (χ2v) is 9.66. The molecule has 1 rings (SSSR count). The summed E-state index contributed by atoms with van der Waals surface area (Å²) in [6.07, 6.45) is 4.12. The molecular formula is C10H12FI3N2. The maximum absolute atomic E-state index is 13.6. The molecule has 0 aliphatic carbocycles. The van der Waals surface area contributed by atoms with Crippen molar-refractivity contribution in [2.75, 3.05) is 20.1 Å². The highest BCUT2D eigenvalue weighted by atomic mass is 127. The Bertz CT molecular complexity index is 344. The van der Waals surface area contributed by atoms with Gasteiger partial charge in [0.2, 0.25) is 1.68 Å². The molecule has 2 nitrogen and oxygen atoms in total. The van der Waals surface area contributed by atoms with Crippen LogP contribution in [0.25, 0.3) is 0 Å². The summed E-state index contributed by atoms with van der Waals surface area (Å²) in [5, 5.41) is 3.20. The van der Waals surface area contributed by atoms with Gasteiger partial charge in [-0.15, -0.1) is 0 Å². The van der Waals surface area contributed by atoms with Crippen LogP contribution in [0.1, 0.15) is 0 Å². The zero-order valence-corrected chi connectivity index (χ0v) is 15.2. The Morgan fingerprint density at radius 3 is 2.81 bits per heavy atom. The molecule has 0 radical (unpaired) electrons. The van der Waals surface area contributed by atoms with Crippen LogP contribution in [0, 0.1) is 0 Å². The molecule has 90 valence electrons. The SMILES string of the molecule is C=C(CN(C)C1=CCNC(I)=C1)C(F)(I)I. The Kier molecular flexibility index (Phi) is 5.82. The third-order valence-corrected chi connectivity index (χ3v) is 4.34. The fourth-order valence-corrected chi connectivity index (χ4v) is 2.11. The van der Waals surface area contributed by atoms with E-state index >= 15 is 0 Å². The minimum atomic E-state index is -1.38. The van der Waals surface area contributed by atoms with Crippen LogP contribution in [0.15, 0.2) is 33.7 Å². The minimum absolute atomic E-state index is 0.522. The summed E-state index contributed by atoms with van der Waals surface area (Å²) in [4.78, 5) is 2.01. The third kappa shape index (κ3) is 4.67. The van der Waals surface area contributed by atoms with E-state index in [0.29, 0.717) is 12.1 Å². The molecule has 0 saturated carbocycles. The van der Waals surface area contributed by atoms with Crippen LogP contribution in [0.3, 0.4) is 0 Å². The predicted octanol–water partition coefficient (Wildman–Crippen LogP) is 3.73. The van der Waals surface area contributed by atoms with E-state index in [0.717, 1.165) is 15.9 Å². The van der Waals surface area contributed by atoms with Crippen LogP contribution in [0.2, 0.25) is 0 Å². The van der Waals surface area contributed by atoms with Gasteiger partial charge >= 0.3 is 0 Å². The quantitative estimate of drug-likeness (QED) is 0.244. The number of halogens is 4. The van der Waals surface area contributed by atoms with Crippen molar-refractivity contribution < 1.29 is 4.39 Å². The summed E-state index contributed by atoms with van der Waals surface area (Å²) < 4.78 is 13.3. The van der Waals surface area contributed by atoms with Gasteiger partial charge in [-0.05, 0) is 85.5 Å². The lowest BCUT2D eigenvalue weighted by atomic mass is 10.2. The maximum atomic E-state index is 13.6. The number of nitrogens with one attached hydrogen (secondary N) is 1. The molecule has 0 bridgehead atoms. The molecule has 0 amide bonds. The first-order chi connectivity index (χ1) is 7.30. The van der Waals surface area contributed by atoms with E-state index in [4.69, 9.17) is 0 Å². The Balaban J connectivity index is 2.63. The summed E-state index contributed by atoms with van der Waals surface area (Å²) in [5.41, 5.74) is 1.67. The van der Waals surface area contributed by atoms with Crippen molar-refractivity contribution in [2.24, 2.45) is 0 Å². The minimum Gasteiger partial charge on any atom is -0.377 e. The van der Waals surface area contributed by atoms with Gasteiger partial charge in [-0.25, -0.2) is 4.39 Å². The van der Waals surface area contributed by atoms with E-state index in [9.17, 15) is 4.39 Å². The lowest BCUT2D eigenvalue weighted by molar-refractivity contribution is 0.420. The van der Waals surface area contributed by atoms with Crippen molar-refractivity contribution in [3.63, 3.8) is 0 Å². The van der Waals surface area contributed by atoms with Gasteiger partial charge in [-0.3, -0.25) is 0 Å². The van der Waals surface area contributed by atoms with Crippen LogP contribution >= 0.6 is 67.8 Å². The number of allylic oxidation sites excluding steroid dienone is 1. The highest BCUT2D eigenvalue weighted by Gasteiger charge is 2.25. The number of alkyl halides is 3. The normalized spacial score (nSPS) is 16.1. The highest BCUT2D eigenvalue weighted by molar-refractivity contribution is 14.2. The van der Waals surface area contributed by atoms with E-state index < -0.39 is 1.68 Å². The fourth-order valence-electron chi connectivity index (χ4n) is 1.23. The van der Waals surface area contributed by atoms with Crippen LogP contribution in [-0.4, -0.2) is 26.7 Å². The summed E-state index contributed by atoms with van der Waals surface area (Å²) in [6.45, 7) is 5.12. The topological polar surface area (TPSA) is 15.3 Å². The predicted molar refractivity (Wildman–Crippen MR) is 91.8 cm³/mol. The van der Waals surface area contributed by atoms with E-state index in [1.165, 1.54) is 0 Å². The van der Waals surface area contributed by atoms with E-state index in [-0.39, 0.29) is 0 Å². The van der Waals surface area contributed by atoms with Gasteiger partial charge in [0.05, 0.1) is 3.70 Å². The Hall–Kier alpha value is 0.940. The van der Waals surface area contributed by atoms with Crippen LogP contribution in [0.5, 0.6) is 0 Å². The number of dihydropyridines is 1. The average Bonchev–Trinajstić information content (AvgIpc) is 2.16. The second-order valence-electron chi connectivity index (χ2n) is 3.46. The number of rotatable bonds is 4. The molecule has 6 heteroatoms. The van der Waals surface area contributed by atoms with Gasteiger partial charge in [0.25, 0.3) is 0 Å². The molecule has 0 aromatic heterocycles. The smallest absolute Gasteiger partial charge is 0.232 e. The number of hydrogen-bond donors (Lipinski definition) is 1. The van der Waals surface area contributed by atoms with Crippen molar-refractivity contribution in [3.8, 4) is 0 Å². The van der Waals surface area contributed by atoms with Crippen molar-refractivity contribution in [1.29, 1.82) is 0 Å². The molecule has 0 spiro atoms. The van der Waals surface area contributed by atoms with Crippen LogP contribution < -0.4 is 5.32 Å². The van der Waals surface area contributed by atoms with Crippen LogP contribution in [0.4, 0.5) is 4.39 Å². The first-order valence-corrected chi connectivity index (χ1v) is 7.81. The average molecular weight is 560 g/mol. The van der Waals surface area contributed by atoms with Gasteiger partial charge in [0.1, 0.15) is 0 Å². The largest absolute Gasteiger partial charge is 0.377 e. The lowest BCUT2D eigenvalue weighted by Gasteiger charge is -2.26. The van der Waals surface area contributed by atoms with Crippen molar-refractivity contribution in [2.45, 2.75) is 1.68 Å². The van der Waals surface area contributed by atoms with Gasteiger partial charge in [0.15, 0.2) is 0 Å². The molecule has 0 atom stereocenters. The molecule has 0 saturated heterocycles. The fraction of sp³-hybridized carbons (Fsp3) is 0.400. The van der Waals surface area contributed by atoms with E-state index in [2.05, 4.69) is 40.6 Å². The molecule has 0 fully saturated rings. The zero-order valence-electron chi connectivity index (χ0n) is 8.74. The first-order valence-electron chi connectivity index (χ1n) is 4.58. The van der Waals surface area contributed by atoms with Crippen molar-refractivity contribution >= 4 is 67.8 Å². The molecular weight excluding hydrogens is 548 g/mol. The Labute approximate surface area is 136 Å².